The standard InChI is InChI=1S/C34H54O7S.Na/c1-3-5-7-9-11-13-15-17-19-21-23-28-40-33(35)30-26-25-27-31(42(37,38)39)32(30)34(36)41-29-24-22-20-18-16-14-12-10-8-6-4-2;/h19-22,25-27H,3-18,23-24,28-29H2,1-2H3,(H,37,38,39);/q;+1/p-1/b21-19+,22-20+;. The monoisotopic (exact) mass is 628 g/mol. The molecule has 0 aliphatic heterocycles. The molecule has 0 atom stereocenters. The predicted octanol–water partition coefficient (Wildman–Crippen LogP) is 6.08. The van der Waals surface area contributed by atoms with Crippen molar-refractivity contribution < 1.29 is 61.6 Å². The van der Waals surface area contributed by atoms with Crippen molar-refractivity contribution in [1.29, 1.82) is 0 Å². The Kier molecular flexibility index (Phi) is 26.0. The van der Waals surface area contributed by atoms with Crippen molar-refractivity contribution in [3.8, 4) is 0 Å². The number of hydrogen-bond donors (Lipinski definition) is 0. The van der Waals surface area contributed by atoms with Crippen LogP contribution < -0.4 is 29.6 Å². The molecule has 238 valence electrons. The van der Waals surface area contributed by atoms with Crippen LogP contribution in [0, 0.1) is 0 Å². The maximum atomic E-state index is 12.8. The minimum Gasteiger partial charge on any atom is -0.744 e. The first-order valence-corrected chi connectivity index (χ1v) is 17.5. The Hall–Kier alpha value is -1.45. The number of ether oxygens (including phenoxy) is 2. The SMILES string of the molecule is CCCCCCCCC/C=C/CCOC(=O)c1cccc(S(=O)(=O)[O-])c1C(=O)OCC/C=C/CCCCCCCCC.[Na+]. The molecule has 0 spiro atoms. The first-order chi connectivity index (χ1) is 20.3. The molecule has 0 heterocycles. The Morgan fingerprint density at radius 1 is 0.651 bits per heavy atom. The Morgan fingerprint density at radius 3 is 1.53 bits per heavy atom. The van der Waals surface area contributed by atoms with E-state index in [2.05, 4.69) is 19.9 Å². The average molecular weight is 629 g/mol. The van der Waals surface area contributed by atoms with Gasteiger partial charge in [0.25, 0.3) is 0 Å². The third-order valence-corrected chi connectivity index (χ3v) is 7.92. The van der Waals surface area contributed by atoms with Crippen LogP contribution in [0.2, 0.25) is 0 Å². The molecular weight excluding hydrogens is 575 g/mol. The summed E-state index contributed by atoms with van der Waals surface area (Å²) in [5, 5.41) is 0. The van der Waals surface area contributed by atoms with Crippen LogP contribution in [-0.4, -0.2) is 38.1 Å². The molecule has 1 aromatic carbocycles. The van der Waals surface area contributed by atoms with Crippen molar-refractivity contribution >= 4 is 22.1 Å². The average Bonchev–Trinajstić information content (AvgIpc) is 2.97. The maximum Gasteiger partial charge on any atom is 1.00 e. The fourth-order valence-electron chi connectivity index (χ4n) is 4.62. The van der Waals surface area contributed by atoms with Gasteiger partial charge in [0.1, 0.15) is 10.1 Å². The summed E-state index contributed by atoms with van der Waals surface area (Å²) in [4.78, 5) is 24.8. The van der Waals surface area contributed by atoms with Gasteiger partial charge in [-0.2, -0.15) is 0 Å². The van der Waals surface area contributed by atoms with E-state index in [0.29, 0.717) is 12.8 Å². The Labute approximate surface area is 283 Å². The molecule has 0 radical (unpaired) electrons. The van der Waals surface area contributed by atoms with Crippen LogP contribution >= 0.6 is 0 Å². The smallest absolute Gasteiger partial charge is 0.744 e. The number of unbranched alkanes of at least 4 members (excludes halogenated alkanes) is 14. The quantitative estimate of drug-likeness (QED) is 0.0424. The van der Waals surface area contributed by atoms with E-state index >= 15 is 0 Å². The number of hydrogen-bond acceptors (Lipinski definition) is 7. The Balaban J connectivity index is 0.0000176. The number of esters is 2. The fraction of sp³-hybridized carbons (Fsp3) is 0.647. The van der Waals surface area contributed by atoms with Crippen LogP contribution in [0.4, 0.5) is 0 Å². The molecule has 0 N–H and O–H groups in total. The van der Waals surface area contributed by atoms with Gasteiger partial charge in [-0.3, -0.25) is 0 Å². The zero-order chi connectivity index (χ0) is 30.9. The van der Waals surface area contributed by atoms with Gasteiger partial charge in [0.2, 0.25) is 0 Å². The van der Waals surface area contributed by atoms with Gasteiger partial charge < -0.3 is 14.0 Å². The summed E-state index contributed by atoms with van der Waals surface area (Å²) >= 11 is 0. The zero-order valence-corrected chi connectivity index (χ0v) is 29.8. The van der Waals surface area contributed by atoms with Crippen molar-refractivity contribution in [3.63, 3.8) is 0 Å². The van der Waals surface area contributed by atoms with Gasteiger partial charge in [-0.15, -0.1) is 0 Å². The Bertz CT molecular complexity index is 1050. The number of allylic oxidation sites excluding steroid dienone is 2. The molecule has 1 aromatic rings. The molecule has 0 aliphatic rings. The molecule has 0 unspecified atom stereocenters. The third kappa shape index (κ3) is 20.3. The van der Waals surface area contributed by atoms with Crippen LogP contribution in [0.1, 0.15) is 150 Å². The Morgan fingerprint density at radius 2 is 1.07 bits per heavy atom. The summed E-state index contributed by atoms with van der Waals surface area (Å²) in [7, 11) is -5.02. The molecule has 0 aliphatic carbocycles. The summed E-state index contributed by atoms with van der Waals surface area (Å²) in [5.74, 6) is -1.91. The van der Waals surface area contributed by atoms with E-state index in [4.69, 9.17) is 9.47 Å². The van der Waals surface area contributed by atoms with E-state index in [0.717, 1.165) is 31.7 Å². The largest absolute Gasteiger partial charge is 1.00 e. The molecule has 43 heavy (non-hydrogen) atoms. The summed E-state index contributed by atoms with van der Waals surface area (Å²) in [6.45, 7) is 4.48. The molecule has 0 fully saturated rings. The van der Waals surface area contributed by atoms with Gasteiger partial charge in [0, 0.05) is 0 Å². The van der Waals surface area contributed by atoms with Gasteiger partial charge in [-0.25, -0.2) is 18.0 Å². The molecule has 0 saturated carbocycles. The zero-order valence-electron chi connectivity index (χ0n) is 26.9. The minimum atomic E-state index is -5.02. The number of rotatable bonds is 25. The van der Waals surface area contributed by atoms with Crippen molar-refractivity contribution in [2.45, 2.75) is 134 Å². The van der Waals surface area contributed by atoms with Gasteiger partial charge in [-0.1, -0.05) is 121 Å². The van der Waals surface area contributed by atoms with Crippen LogP contribution in [-0.2, 0) is 19.6 Å². The van der Waals surface area contributed by atoms with E-state index in [-0.39, 0.29) is 48.3 Å². The van der Waals surface area contributed by atoms with Crippen LogP contribution in [0.15, 0.2) is 47.4 Å². The van der Waals surface area contributed by atoms with Crippen LogP contribution in [0.5, 0.6) is 0 Å². The van der Waals surface area contributed by atoms with Gasteiger partial charge in [-0.05, 0) is 50.7 Å². The molecule has 0 aromatic heterocycles. The second kappa shape index (κ2) is 26.9. The molecule has 0 amide bonds. The normalized spacial score (nSPS) is 11.6. The molecule has 0 saturated heterocycles. The molecule has 9 heteroatoms. The molecule has 7 nitrogen and oxygen atoms in total. The maximum absolute atomic E-state index is 12.8. The number of carbonyl (C=O) groups excluding carboxylic acids is 2. The fourth-order valence-corrected chi connectivity index (χ4v) is 5.31. The second-order valence-corrected chi connectivity index (χ2v) is 12.1. The van der Waals surface area contributed by atoms with Gasteiger partial charge in [0.05, 0.1) is 29.2 Å². The van der Waals surface area contributed by atoms with E-state index in [1.54, 1.807) is 0 Å². The van der Waals surface area contributed by atoms with Crippen molar-refractivity contribution in [2.24, 2.45) is 0 Å². The summed E-state index contributed by atoms with van der Waals surface area (Å²) in [6, 6.07) is 3.52. The van der Waals surface area contributed by atoms with Crippen LogP contribution in [0.3, 0.4) is 0 Å². The molecular formula is C34H53NaO7S. The van der Waals surface area contributed by atoms with E-state index < -0.39 is 32.5 Å². The number of benzene rings is 1. The molecule has 1 rings (SSSR count). The third-order valence-electron chi connectivity index (χ3n) is 7.04. The van der Waals surface area contributed by atoms with E-state index in [1.165, 1.54) is 89.2 Å². The van der Waals surface area contributed by atoms with Crippen LogP contribution in [0.25, 0.3) is 0 Å². The first kappa shape index (κ1) is 41.5. The number of carbonyl (C=O) groups is 2. The summed E-state index contributed by atoms with van der Waals surface area (Å²) < 4.78 is 46.1. The minimum absolute atomic E-state index is 0. The molecule has 0 bridgehead atoms. The first-order valence-electron chi connectivity index (χ1n) is 16.1. The van der Waals surface area contributed by atoms with Gasteiger partial charge >= 0.3 is 41.5 Å². The second-order valence-electron chi connectivity index (χ2n) is 10.7. The summed E-state index contributed by atoms with van der Waals surface area (Å²) in [6.07, 6.45) is 28.2. The topological polar surface area (TPSA) is 110 Å². The van der Waals surface area contributed by atoms with Gasteiger partial charge in [0.15, 0.2) is 0 Å². The predicted molar refractivity (Wildman–Crippen MR) is 168 cm³/mol. The van der Waals surface area contributed by atoms with Crippen molar-refractivity contribution in [3.05, 3.63) is 53.6 Å². The van der Waals surface area contributed by atoms with Crippen molar-refractivity contribution in [1.82, 2.24) is 0 Å². The van der Waals surface area contributed by atoms with E-state index in [1.807, 2.05) is 18.2 Å². The van der Waals surface area contributed by atoms with Crippen molar-refractivity contribution in [2.75, 3.05) is 13.2 Å². The van der Waals surface area contributed by atoms with E-state index in [9.17, 15) is 22.6 Å². The summed E-state index contributed by atoms with van der Waals surface area (Å²) in [5.41, 5.74) is -0.863.